The second-order valence-electron chi connectivity index (χ2n) is 3.84. The van der Waals surface area contributed by atoms with Crippen LogP contribution in [-0.2, 0) is 14.3 Å². The van der Waals surface area contributed by atoms with E-state index in [1.165, 1.54) is 0 Å². The van der Waals surface area contributed by atoms with Gasteiger partial charge in [-0.25, -0.2) is 4.99 Å². The SMILES string of the molecule is CC1=CCC(=O)C(C(=O)N2CCOCC2)=N1. The highest BCUT2D eigenvalue weighted by Crippen LogP contribution is 2.10. The number of aliphatic imine (C=N–C) groups is 1. The average molecular weight is 222 g/mol. The van der Waals surface area contributed by atoms with Crippen LogP contribution in [0.1, 0.15) is 13.3 Å². The van der Waals surface area contributed by atoms with E-state index in [0.29, 0.717) is 26.3 Å². The molecule has 2 aliphatic rings. The van der Waals surface area contributed by atoms with Crippen LogP contribution in [0.5, 0.6) is 0 Å². The third-order valence-corrected chi connectivity index (χ3v) is 2.64. The maximum Gasteiger partial charge on any atom is 0.276 e. The van der Waals surface area contributed by atoms with E-state index >= 15 is 0 Å². The molecule has 86 valence electrons. The Morgan fingerprint density at radius 1 is 1.44 bits per heavy atom. The number of carbonyl (C=O) groups excluding carboxylic acids is 2. The molecule has 2 heterocycles. The van der Waals surface area contributed by atoms with Crippen molar-refractivity contribution in [1.29, 1.82) is 0 Å². The second kappa shape index (κ2) is 4.57. The smallest absolute Gasteiger partial charge is 0.276 e. The molecule has 5 nitrogen and oxygen atoms in total. The van der Waals surface area contributed by atoms with Gasteiger partial charge < -0.3 is 9.64 Å². The van der Waals surface area contributed by atoms with E-state index in [1.807, 2.05) is 0 Å². The number of nitrogens with zero attached hydrogens (tertiary/aromatic N) is 2. The lowest BCUT2D eigenvalue weighted by Crippen LogP contribution is -2.46. The molecule has 1 saturated heterocycles. The lowest BCUT2D eigenvalue weighted by molar-refractivity contribution is -0.129. The number of hydrogen-bond donors (Lipinski definition) is 0. The molecule has 1 amide bonds. The predicted molar refractivity (Wildman–Crippen MR) is 58.2 cm³/mol. The molecule has 0 spiro atoms. The summed E-state index contributed by atoms with van der Waals surface area (Å²) in [6.07, 6.45) is 2.01. The number of allylic oxidation sites excluding steroid dienone is 2. The molecule has 0 aromatic rings. The maximum absolute atomic E-state index is 12.0. The Bertz CT molecular complexity index is 379. The monoisotopic (exact) mass is 222 g/mol. The number of ketones is 1. The summed E-state index contributed by atoms with van der Waals surface area (Å²) in [5, 5.41) is 0. The fourth-order valence-electron chi connectivity index (χ4n) is 1.70. The lowest BCUT2D eigenvalue weighted by Gasteiger charge is -2.27. The second-order valence-corrected chi connectivity index (χ2v) is 3.84. The lowest BCUT2D eigenvalue weighted by atomic mass is 10.1. The van der Waals surface area contributed by atoms with E-state index in [4.69, 9.17) is 4.74 Å². The number of hydrogen-bond acceptors (Lipinski definition) is 4. The van der Waals surface area contributed by atoms with E-state index in [-0.39, 0.29) is 23.8 Å². The van der Waals surface area contributed by atoms with Crippen LogP contribution in [0.2, 0.25) is 0 Å². The molecule has 0 saturated carbocycles. The molecule has 16 heavy (non-hydrogen) atoms. The number of amides is 1. The molecule has 0 atom stereocenters. The summed E-state index contributed by atoms with van der Waals surface area (Å²) in [6.45, 7) is 3.92. The van der Waals surface area contributed by atoms with Crippen molar-refractivity contribution < 1.29 is 14.3 Å². The Morgan fingerprint density at radius 2 is 2.12 bits per heavy atom. The van der Waals surface area contributed by atoms with Gasteiger partial charge in [0.25, 0.3) is 5.91 Å². The highest BCUT2D eigenvalue weighted by atomic mass is 16.5. The van der Waals surface area contributed by atoms with Gasteiger partial charge in [-0.1, -0.05) is 6.08 Å². The first-order chi connectivity index (χ1) is 7.68. The summed E-state index contributed by atoms with van der Waals surface area (Å²) in [5.74, 6) is -0.456. The van der Waals surface area contributed by atoms with E-state index in [2.05, 4.69) is 4.99 Å². The molecule has 0 radical (unpaired) electrons. The third kappa shape index (κ3) is 2.19. The maximum atomic E-state index is 12.0. The molecule has 0 aromatic carbocycles. The summed E-state index contributed by atoms with van der Waals surface area (Å²) in [6, 6.07) is 0. The van der Waals surface area contributed by atoms with Crippen LogP contribution >= 0.6 is 0 Å². The number of ether oxygens (including phenoxy) is 1. The first kappa shape index (κ1) is 11.0. The van der Waals surface area contributed by atoms with Crippen molar-refractivity contribution in [2.24, 2.45) is 4.99 Å². The third-order valence-electron chi connectivity index (χ3n) is 2.64. The number of rotatable bonds is 1. The van der Waals surface area contributed by atoms with Gasteiger partial charge in [-0.15, -0.1) is 0 Å². The van der Waals surface area contributed by atoms with Gasteiger partial charge in [-0.2, -0.15) is 0 Å². The quantitative estimate of drug-likeness (QED) is 0.635. The molecule has 2 rings (SSSR count). The largest absolute Gasteiger partial charge is 0.378 e. The van der Waals surface area contributed by atoms with Gasteiger partial charge in [0.05, 0.1) is 13.2 Å². The van der Waals surface area contributed by atoms with Crippen molar-refractivity contribution in [2.45, 2.75) is 13.3 Å². The minimum atomic E-state index is -0.263. The molecule has 5 heteroatoms. The molecule has 0 aromatic heterocycles. The van der Waals surface area contributed by atoms with Crippen molar-refractivity contribution in [2.75, 3.05) is 26.3 Å². The fraction of sp³-hybridized carbons (Fsp3) is 0.545. The number of Topliss-reactive ketones (excluding diaryl/α,β-unsaturated/α-hetero) is 1. The normalized spacial score (nSPS) is 21.6. The zero-order valence-corrected chi connectivity index (χ0v) is 9.23. The Morgan fingerprint density at radius 3 is 2.81 bits per heavy atom. The zero-order valence-electron chi connectivity index (χ0n) is 9.23. The van der Waals surface area contributed by atoms with Gasteiger partial charge in [0.2, 0.25) is 0 Å². The summed E-state index contributed by atoms with van der Waals surface area (Å²) in [7, 11) is 0. The van der Waals surface area contributed by atoms with Gasteiger partial charge in [-0.3, -0.25) is 9.59 Å². The van der Waals surface area contributed by atoms with Gasteiger partial charge in [-0.05, 0) is 6.92 Å². The fourth-order valence-corrected chi connectivity index (χ4v) is 1.70. The van der Waals surface area contributed by atoms with Crippen molar-refractivity contribution in [3.63, 3.8) is 0 Å². The van der Waals surface area contributed by atoms with Crippen LogP contribution < -0.4 is 0 Å². The Hall–Kier alpha value is -1.49. The average Bonchev–Trinajstić information content (AvgIpc) is 2.32. The summed E-state index contributed by atoms with van der Waals surface area (Å²) >= 11 is 0. The van der Waals surface area contributed by atoms with E-state index < -0.39 is 0 Å². The van der Waals surface area contributed by atoms with Crippen molar-refractivity contribution in [3.05, 3.63) is 11.8 Å². The van der Waals surface area contributed by atoms with Crippen LogP contribution in [0.3, 0.4) is 0 Å². The van der Waals surface area contributed by atoms with Crippen LogP contribution in [-0.4, -0.2) is 48.6 Å². The van der Waals surface area contributed by atoms with E-state index in [0.717, 1.165) is 5.70 Å². The van der Waals surface area contributed by atoms with E-state index in [9.17, 15) is 9.59 Å². The minimum Gasteiger partial charge on any atom is -0.378 e. The Labute approximate surface area is 93.8 Å². The summed E-state index contributed by atoms with van der Waals surface area (Å²) in [4.78, 5) is 29.2. The molecule has 1 fully saturated rings. The molecule has 2 aliphatic heterocycles. The molecular weight excluding hydrogens is 208 g/mol. The van der Waals surface area contributed by atoms with Gasteiger partial charge in [0.15, 0.2) is 11.5 Å². The van der Waals surface area contributed by atoms with Crippen LogP contribution in [0.15, 0.2) is 16.8 Å². The molecule has 0 unspecified atom stereocenters. The van der Waals surface area contributed by atoms with Crippen molar-refractivity contribution in [1.82, 2.24) is 4.90 Å². The Balaban J connectivity index is 2.13. The Kier molecular flexibility index (Phi) is 3.14. The molecule has 0 bridgehead atoms. The summed E-state index contributed by atoms with van der Waals surface area (Å²) in [5.41, 5.74) is 0.804. The number of morpholine rings is 1. The van der Waals surface area contributed by atoms with Crippen molar-refractivity contribution >= 4 is 17.4 Å². The zero-order chi connectivity index (χ0) is 11.5. The van der Waals surface area contributed by atoms with Crippen LogP contribution in [0.4, 0.5) is 0 Å². The standard InChI is InChI=1S/C11H14N2O3/c1-8-2-3-9(14)10(12-8)11(15)13-4-6-16-7-5-13/h2H,3-7H2,1H3. The molecule has 0 N–H and O–H groups in total. The van der Waals surface area contributed by atoms with Gasteiger partial charge >= 0.3 is 0 Å². The minimum absolute atomic E-state index is 0.0712. The highest BCUT2D eigenvalue weighted by molar-refractivity contribution is 6.66. The molecular formula is C11H14N2O3. The van der Waals surface area contributed by atoms with Crippen LogP contribution in [0.25, 0.3) is 0 Å². The number of carbonyl (C=O) groups is 2. The van der Waals surface area contributed by atoms with Crippen molar-refractivity contribution in [3.8, 4) is 0 Å². The highest BCUT2D eigenvalue weighted by Gasteiger charge is 2.27. The first-order valence-corrected chi connectivity index (χ1v) is 5.34. The van der Waals surface area contributed by atoms with Gasteiger partial charge in [0, 0.05) is 25.2 Å². The van der Waals surface area contributed by atoms with Crippen LogP contribution in [0, 0.1) is 0 Å². The first-order valence-electron chi connectivity index (χ1n) is 5.34. The topological polar surface area (TPSA) is 59.0 Å². The molecule has 0 aliphatic carbocycles. The van der Waals surface area contributed by atoms with Gasteiger partial charge in [0.1, 0.15) is 0 Å². The predicted octanol–water partition coefficient (Wildman–Crippen LogP) is 0.163. The van der Waals surface area contributed by atoms with E-state index in [1.54, 1.807) is 17.9 Å². The summed E-state index contributed by atoms with van der Waals surface area (Å²) < 4.78 is 5.16.